The number of hydrogen-bond donors (Lipinski definition) is 4. The van der Waals surface area contributed by atoms with Gasteiger partial charge in [0.25, 0.3) is 5.91 Å². The van der Waals surface area contributed by atoms with E-state index in [1.54, 1.807) is 38.2 Å². The highest BCUT2D eigenvalue weighted by molar-refractivity contribution is 6.03. The van der Waals surface area contributed by atoms with Crippen molar-refractivity contribution in [2.24, 2.45) is 5.73 Å². The van der Waals surface area contributed by atoms with Crippen molar-refractivity contribution in [1.29, 1.82) is 0 Å². The molecular formula is C35H33F4N7O4. The molecule has 0 saturated carbocycles. The monoisotopic (exact) mass is 691 g/mol. The Balaban J connectivity index is 1.55. The number of amides is 2. The van der Waals surface area contributed by atoms with Gasteiger partial charge in [0.05, 0.1) is 42.2 Å². The Morgan fingerprint density at radius 3 is 2.36 bits per heavy atom. The van der Waals surface area contributed by atoms with Crippen LogP contribution in [0.3, 0.4) is 0 Å². The van der Waals surface area contributed by atoms with Gasteiger partial charge in [0.2, 0.25) is 11.5 Å². The summed E-state index contributed by atoms with van der Waals surface area (Å²) in [5, 5.41) is 25.4. The molecule has 0 unspecified atom stereocenters. The Kier molecular flexibility index (Phi) is 10.3. The molecule has 260 valence electrons. The van der Waals surface area contributed by atoms with E-state index in [0.29, 0.717) is 28.8 Å². The fraction of sp³-hybridized carbons (Fsp3) is 0.257. The molecule has 50 heavy (non-hydrogen) atoms. The van der Waals surface area contributed by atoms with Gasteiger partial charge in [-0.1, -0.05) is 6.92 Å². The number of primary amides is 1. The Morgan fingerprint density at radius 1 is 1.00 bits per heavy atom. The van der Waals surface area contributed by atoms with Crippen LogP contribution in [-0.4, -0.2) is 56.4 Å². The highest BCUT2D eigenvalue weighted by atomic mass is 19.4. The van der Waals surface area contributed by atoms with Crippen molar-refractivity contribution >= 4 is 34.2 Å². The molecule has 11 nitrogen and oxygen atoms in total. The number of nitrogens with two attached hydrogens (primary N) is 1. The number of benzene rings is 2. The third kappa shape index (κ3) is 7.62. The Labute approximate surface area is 283 Å². The number of rotatable bonds is 12. The van der Waals surface area contributed by atoms with Crippen LogP contribution in [0.25, 0.3) is 22.2 Å². The summed E-state index contributed by atoms with van der Waals surface area (Å²) < 4.78 is 63.9. The molecule has 1 atom stereocenters. The van der Waals surface area contributed by atoms with Crippen LogP contribution in [0.4, 0.5) is 29.1 Å². The Hall–Kier alpha value is -5.70. The number of pyridine rings is 2. The largest absolute Gasteiger partial charge is 0.491 e. The first-order valence-corrected chi connectivity index (χ1v) is 15.5. The van der Waals surface area contributed by atoms with E-state index in [-0.39, 0.29) is 34.7 Å². The van der Waals surface area contributed by atoms with Crippen LogP contribution < -0.4 is 21.1 Å². The minimum Gasteiger partial charge on any atom is -0.491 e. The second kappa shape index (κ2) is 14.4. The van der Waals surface area contributed by atoms with Gasteiger partial charge in [0.1, 0.15) is 17.3 Å². The number of ether oxygens (including phenoxy) is 1. The summed E-state index contributed by atoms with van der Waals surface area (Å²) in [7, 11) is 0. The average Bonchev–Trinajstić information content (AvgIpc) is 3.07. The highest BCUT2D eigenvalue weighted by Gasteiger charge is 2.56. The number of aliphatic hydroxyl groups is 1. The second-order valence-electron chi connectivity index (χ2n) is 11.5. The molecule has 5 rings (SSSR count). The number of halogens is 4. The lowest BCUT2D eigenvalue weighted by Crippen LogP contribution is -2.51. The third-order valence-electron chi connectivity index (χ3n) is 7.75. The Bertz CT molecular complexity index is 2040. The number of carbonyl (C=O) groups is 2. The summed E-state index contributed by atoms with van der Waals surface area (Å²) in [6.45, 7) is 4.00. The molecule has 3 heterocycles. The van der Waals surface area contributed by atoms with Crippen molar-refractivity contribution in [1.82, 2.24) is 25.5 Å². The maximum atomic E-state index is 14.8. The van der Waals surface area contributed by atoms with Gasteiger partial charge >= 0.3 is 6.18 Å². The summed E-state index contributed by atoms with van der Waals surface area (Å²) >= 11 is 0. The number of fused-ring (bicyclic) bond motifs is 1. The lowest BCUT2D eigenvalue weighted by atomic mass is 9.93. The minimum absolute atomic E-state index is 0.0366. The molecule has 15 heteroatoms. The maximum absolute atomic E-state index is 14.8. The number of carbonyl (C=O) groups excluding carboxylic acids is 2. The fourth-order valence-electron chi connectivity index (χ4n) is 5.21. The molecular weight excluding hydrogens is 658 g/mol. The number of nitrogens with zero attached hydrogens (tertiary/aromatic N) is 4. The van der Waals surface area contributed by atoms with E-state index in [9.17, 15) is 32.3 Å². The highest BCUT2D eigenvalue weighted by Crippen LogP contribution is 2.42. The van der Waals surface area contributed by atoms with E-state index in [2.05, 4.69) is 30.8 Å². The van der Waals surface area contributed by atoms with E-state index in [0.717, 1.165) is 29.5 Å². The summed E-state index contributed by atoms with van der Waals surface area (Å²) in [4.78, 5) is 34.1. The molecule has 5 aromatic rings. The van der Waals surface area contributed by atoms with E-state index in [1.165, 1.54) is 24.3 Å². The van der Waals surface area contributed by atoms with Crippen LogP contribution in [-0.2, 0) is 23.2 Å². The zero-order valence-corrected chi connectivity index (χ0v) is 27.2. The summed E-state index contributed by atoms with van der Waals surface area (Å²) in [6, 6.07) is 13.6. The first-order chi connectivity index (χ1) is 23.7. The molecule has 3 aromatic heterocycles. The number of aryl methyl sites for hydroxylation is 2. The first-order valence-electron chi connectivity index (χ1n) is 15.5. The van der Waals surface area contributed by atoms with Gasteiger partial charge in [-0.25, -0.2) is 9.37 Å². The van der Waals surface area contributed by atoms with Crippen molar-refractivity contribution in [3.63, 3.8) is 0 Å². The number of alkyl halides is 3. The molecule has 0 aliphatic carbocycles. The van der Waals surface area contributed by atoms with Gasteiger partial charge in [0, 0.05) is 28.3 Å². The first kappa shape index (κ1) is 35.6. The van der Waals surface area contributed by atoms with Gasteiger partial charge in [-0.2, -0.15) is 18.3 Å². The van der Waals surface area contributed by atoms with Gasteiger partial charge in [0.15, 0.2) is 5.82 Å². The van der Waals surface area contributed by atoms with Gasteiger partial charge in [-0.15, -0.1) is 5.10 Å². The van der Waals surface area contributed by atoms with Crippen molar-refractivity contribution in [2.75, 3.05) is 18.5 Å². The van der Waals surface area contributed by atoms with Crippen LogP contribution in [0, 0.1) is 12.7 Å². The normalized spacial score (nSPS) is 12.7. The number of nitrogens with one attached hydrogen (secondary N) is 2. The lowest BCUT2D eigenvalue weighted by molar-refractivity contribution is -0.265. The molecule has 0 aliphatic rings. The molecule has 0 fully saturated rings. The fourth-order valence-corrected chi connectivity index (χ4v) is 5.21. The van der Waals surface area contributed by atoms with Crippen molar-refractivity contribution in [3.05, 3.63) is 101 Å². The van der Waals surface area contributed by atoms with Crippen LogP contribution >= 0.6 is 0 Å². The maximum Gasteiger partial charge on any atom is 0.424 e. The topological polar surface area (TPSA) is 165 Å². The van der Waals surface area contributed by atoms with Crippen LogP contribution in [0.2, 0.25) is 0 Å². The van der Waals surface area contributed by atoms with E-state index in [4.69, 9.17) is 10.5 Å². The molecule has 0 spiro atoms. The predicted octanol–water partition coefficient (Wildman–Crippen LogP) is 5.45. The molecule has 0 saturated heterocycles. The predicted molar refractivity (Wildman–Crippen MR) is 177 cm³/mol. The third-order valence-corrected chi connectivity index (χ3v) is 7.75. The number of hydrogen-bond acceptors (Lipinski definition) is 9. The molecule has 5 N–H and O–H groups in total. The molecule has 0 radical (unpaired) electrons. The molecule has 0 bridgehead atoms. The van der Waals surface area contributed by atoms with Crippen LogP contribution in [0.5, 0.6) is 5.75 Å². The van der Waals surface area contributed by atoms with E-state index >= 15 is 0 Å². The van der Waals surface area contributed by atoms with Crippen molar-refractivity contribution in [3.8, 4) is 17.0 Å². The molecule has 2 amide bonds. The Morgan fingerprint density at radius 2 is 1.74 bits per heavy atom. The molecule has 2 aromatic carbocycles. The van der Waals surface area contributed by atoms with Crippen LogP contribution in [0.1, 0.15) is 46.7 Å². The average molecular weight is 692 g/mol. The SMILES string of the molecule is CCOc1c(CC(N)=O)cc([C@@](O)(CNC(=O)c2cc(Nc3ccc(CC)nn3)c3ncc(C)cc3c2)C(F)(F)F)nc1-c1ccc(F)cc1. The van der Waals surface area contributed by atoms with Gasteiger partial charge in [-0.3, -0.25) is 14.6 Å². The summed E-state index contributed by atoms with van der Waals surface area (Å²) in [5.74, 6) is -2.18. The van der Waals surface area contributed by atoms with E-state index in [1.807, 2.05) is 6.92 Å². The summed E-state index contributed by atoms with van der Waals surface area (Å²) in [5.41, 5.74) is 2.83. The summed E-state index contributed by atoms with van der Waals surface area (Å²) in [6.07, 6.45) is -3.65. The zero-order valence-electron chi connectivity index (χ0n) is 27.2. The van der Waals surface area contributed by atoms with Crippen molar-refractivity contribution < 1.29 is 37.0 Å². The quantitative estimate of drug-likeness (QED) is 0.125. The standard InChI is InChI=1S/C35H33F4N7O4/c1-4-25-10-11-29(46-45-25)43-26-14-23(13-21-12-19(3)17-41-30(21)26)33(48)42-18-34(49,35(37,38)39)27-15-22(16-28(40)47)32(50-5-2)31(44-27)20-6-8-24(36)9-7-20/h6-15,17,49H,4-5,16,18H2,1-3H3,(H2,40,47)(H,42,48)(H,43,46)/t34-/m0/s1. The number of aromatic nitrogens is 4. The van der Waals surface area contributed by atoms with Crippen LogP contribution in [0.15, 0.2) is 66.9 Å². The smallest absolute Gasteiger partial charge is 0.424 e. The second-order valence-corrected chi connectivity index (χ2v) is 11.5. The molecule has 0 aliphatic heterocycles. The van der Waals surface area contributed by atoms with E-state index < -0.39 is 48.1 Å². The zero-order chi connectivity index (χ0) is 36.2. The number of anilines is 2. The van der Waals surface area contributed by atoms with Crippen molar-refractivity contribution in [2.45, 2.75) is 45.4 Å². The minimum atomic E-state index is -5.38. The van der Waals surface area contributed by atoms with Gasteiger partial charge < -0.3 is 26.2 Å². The lowest BCUT2D eigenvalue weighted by Gasteiger charge is -2.31. The van der Waals surface area contributed by atoms with Gasteiger partial charge in [-0.05, 0) is 86.5 Å².